The predicted octanol–water partition coefficient (Wildman–Crippen LogP) is 5.32. The molecule has 0 saturated heterocycles. The number of methoxy groups -OCH3 is 1. The van der Waals surface area contributed by atoms with Crippen molar-refractivity contribution in [1.82, 2.24) is 0 Å². The highest BCUT2D eigenvalue weighted by molar-refractivity contribution is 5.71. The lowest BCUT2D eigenvalue weighted by atomic mass is 10.1. The molecule has 0 saturated carbocycles. The highest BCUT2D eigenvalue weighted by Gasteiger charge is 2.10. The van der Waals surface area contributed by atoms with Crippen LogP contribution >= 0.6 is 0 Å². The first-order chi connectivity index (χ1) is 17.7. The van der Waals surface area contributed by atoms with Crippen LogP contribution < -0.4 is 0 Å². The Bertz CT molecular complexity index is 438. The number of carbonyl (C=O) groups is 1. The van der Waals surface area contributed by atoms with E-state index in [0.717, 1.165) is 91.0 Å². The third-order valence-corrected chi connectivity index (χ3v) is 5.22. The van der Waals surface area contributed by atoms with Crippen LogP contribution in [-0.2, 0) is 42.7 Å². The van der Waals surface area contributed by atoms with Crippen LogP contribution in [0.3, 0.4) is 0 Å². The highest BCUT2D eigenvalue weighted by Crippen LogP contribution is 2.03. The van der Waals surface area contributed by atoms with Crippen LogP contribution in [0, 0.1) is 5.92 Å². The molecule has 0 radical (unpaired) electrons. The Morgan fingerprint density at radius 1 is 0.500 bits per heavy atom. The fraction of sp³-hybridized carbons (Fsp3) is 0.966. The molecule has 1 atom stereocenters. The maximum absolute atomic E-state index is 11.5. The summed E-state index contributed by atoms with van der Waals surface area (Å²) in [7, 11) is 1.70. The second-order valence-corrected chi connectivity index (χ2v) is 8.62. The van der Waals surface area contributed by atoms with E-state index in [-0.39, 0.29) is 26.7 Å². The molecule has 9 heteroatoms. The summed E-state index contributed by atoms with van der Waals surface area (Å²) in [6, 6.07) is 0. The van der Waals surface area contributed by atoms with Crippen molar-refractivity contribution in [3.63, 3.8) is 0 Å². The Hall–Kier alpha value is -0.810. The fourth-order valence-electron chi connectivity index (χ4n) is 2.88. The number of ether oxygens (including phenoxy) is 8. The number of rotatable bonds is 30. The largest absolute Gasteiger partial charge is 0.465 e. The first-order valence-corrected chi connectivity index (χ1v) is 13.8. The number of esters is 1. The average Bonchev–Trinajstić information content (AvgIpc) is 2.89. The molecule has 0 aliphatic carbocycles. The number of hydrogen-bond acceptors (Lipinski definition) is 9. The lowest BCUT2D eigenvalue weighted by Crippen LogP contribution is -2.15. The molecule has 0 bridgehead atoms. The van der Waals surface area contributed by atoms with E-state index in [4.69, 9.17) is 37.9 Å². The quantitative estimate of drug-likeness (QED) is 0.0863. The molecule has 0 aliphatic heterocycles. The molecule has 232 valence electrons. The molecule has 0 N–H and O–H groups in total. The Morgan fingerprint density at radius 3 is 1.03 bits per heavy atom. The summed E-state index contributed by atoms with van der Waals surface area (Å²) < 4.78 is 43.5. The van der Waals surface area contributed by atoms with Gasteiger partial charge in [-0.25, -0.2) is 0 Å². The first-order valence-electron chi connectivity index (χ1n) is 13.8. The van der Waals surface area contributed by atoms with E-state index < -0.39 is 0 Å². The van der Waals surface area contributed by atoms with Crippen LogP contribution in [0.1, 0.15) is 80.1 Å². The van der Waals surface area contributed by atoms with E-state index in [9.17, 15) is 4.79 Å². The molecule has 0 rings (SSSR count). The normalized spacial score (nSPS) is 11.6. The molecular weight excluding hydrogens is 492 g/mol. The van der Waals surface area contributed by atoms with E-state index >= 15 is 0 Å². The zero-order valence-corrected chi connectivity index (χ0v) is 23.3. The maximum Gasteiger partial charge on any atom is 0.308 e. The van der Waals surface area contributed by atoms with Gasteiger partial charge in [0, 0.05) is 99.4 Å². The SMILES string of the molecule is C.C.CCC(C)C(=O)OCCCOCCCOCCCOCCCOCCCOCCCOCCCOC. The minimum Gasteiger partial charge on any atom is -0.465 e. The first kappa shape index (κ1) is 41.7. The van der Waals surface area contributed by atoms with Gasteiger partial charge in [-0.15, -0.1) is 0 Å². The minimum absolute atomic E-state index is 0. The third-order valence-electron chi connectivity index (χ3n) is 5.22. The summed E-state index contributed by atoms with van der Waals surface area (Å²) in [5, 5.41) is 0. The van der Waals surface area contributed by atoms with Crippen molar-refractivity contribution in [3.8, 4) is 0 Å². The standard InChI is InChI=1S/C27H54O9.2CH4/c1-4-26(2)27(28)36-25-11-24-35-23-10-22-34-21-9-20-33-19-8-18-32-17-7-16-31-15-6-14-30-13-5-12-29-3;;/h26H,4-25H2,1-3H3;2*1H4. The molecule has 0 aromatic heterocycles. The Labute approximate surface area is 234 Å². The van der Waals surface area contributed by atoms with Crippen molar-refractivity contribution in [3.05, 3.63) is 0 Å². The van der Waals surface area contributed by atoms with Crippen molar-refractivity contribution in [2.24, 2.45) is 5.92 Å². The molecule has 0 amide bonds. The summed E-state index contributed by atoms with van der Waals surface area (Å²) in [5.41, 5.74) is 0. The van der Waals surface area contributed by atoms with Crippen LogP contribution in [0.4, 0.5) is 0 Å². The summed E-state index contributed by atoms with van der Waals surface area (Å²) >= 11 is 0. The van der Waals surface area contributed by atoms with Crippen molar-refractivity contribution < 1.29 is 42.7 Å². The van der Waals surface area contributed by atoms with E-state index in [1.54, 1.807) is 7.11 Å². The van der Waals surface area contributed by atoms with Crippen molar-refractivity contribution in [2.45, 2.75) is 80.1 Å². The molecule has 0 spiro atoms. The third kappa shape index (κ3) is 33.2. The van der Waals surface area contributed by atoms with Crippen molar-refractivity contribution in [2.75, 3.05) is 99.6 Å². The Morgan fingerprint density at radius 2 is 0.763 bits per heavy atom. The molecule has 0 aliphatic rings. The van der Waals surface area contributed by atoms with Gasteiger partial charge in [-0.2, -0.15) is 0 Å². The van der Waals surface area contributed by atoms with Crippen LogP contribution in [0.5, 0.6) is 0 Å². The lowest BCUT2D eigenvalue weighted by molar-refractivity contribution is -0.148. The van der Waals surface area contributed by atoms with Gasteiger partial charge in [-0.05, 0) is 44.9 Å². The summed E-state index contributed by atoms with van der Waals surface area (Å²) in [6.07, 6.45) is 6.95. The van der Waals surface area contributed by atoms with Gasteiger partial charge >= 0.3 is 5.97 Å². The van der Waals surface area contributed by atoms with Gasteiger partial charge in [0.1, 0.15) is 0 Å². The van der Waals surface area contributed by atoms with E-state index in [1.807, 2.05) is 13.8 Å². The molecule has 1 unspecified atom stereocenters. The van der Waals surface area contributed by atoms with Gasteiger partial charge in [0.2, 0.25) is 0 Å². The monoisotopic (exact) mass is 554 g/mol. The highest BCUT2D eigenvalue weighted by atomic mass is 16.5. The molecule has 0 fully saturated rings. The number of hydrogen-bond donors (Lipinski definition) is 0. The van der Waals surface area contributed by atoms with Gasteiger partial charge in [-0.3, -0.25) is 4.79 Å². The minimum atomic E-state index is -0.122. The maximum atomic E-state index is 11.5. The fourth-order valence-corrected chi connectivity index (χ4v) is 2.88. The number of carbonyl (C=O) groups excluding carboxylic acids is 1. The van der Waals surface area contributed by atoms with Crippen LogP contribution in [-0.4, -0.2) is 106 Å². The van der Waals surface area contributed by atoms with Crippen molar-refractivity contribution in [1.29, 1.82) is 0 Å². The van der Waals surface area contributed by atoms with Gasteiger partial charge in [-0.1, -0.05) is 28.7 Å². The van der Waals surface area contributed by atoms with Gasteiger partial charge in [0.25, 0.3) is 0 Å². The summed E-state index contributed by atoms with van der Waals surface area (Å²) in [6.45, 7) is 13.5. The smallest absolute Gasteiger partial charge is 0.308 e. The van der Waals surface area contributed by atoms with Gasteiger partial charge in [0.05, 0.1) is 12.5 Å². The molecule has 0 heterocycles. The van der Waals surface area contributed by atoms with E-state index in [0.29, 0.717) is 52.9 Å². The molecule has 38 heavy (non-hydrogen) atoms. The average molecular weight is 555 g/mol. The predicted molar refractivity (Wildman–Crippen MR) is 153 cm³/mol. The Kier molecular flexibility index (Phi) is 39.7. The van der Waals surface area contributed by atoms with Crippen LogP contribution in [0.15, 0.2) is 0 Å². The van der Waals surface area contributed by atoms with Crippen LogP contribution in [0.2, 0.25) is 0 Å². The summed E-state index contributed by atoms with van der Waals surface area (Å²) in [5.74, 6) is -0.148. The van der Waals surface area contributed by atoms with Crippen molar-refractivity contribution >= 4 is 5.97 Å². The van der Waals surface area contributed by atoms with Crippen LogP contribution in [0.25, 0.3) is 0 Å². The van der Waals surface area contributed by atoms with Gasteiger partial charge < -0.3 is 37.9 Å². The molecule has 0 aromatic carbocycles. The zero-order valence-electron chi connectivity index (χ0n) is 23.3. The zero-order chi connectivity index (χ0) is 26.4. The van der Waals surface area contributed by atoms with E-state index in [1.165, 1.54) is 0 Å². The van der Waals surface area contributed by atoms with Gasteiger partial charge in [0.15, 0.2) is 0 Å². The lowest BCUT2D eigenvalue weighted by Gasteiger charge is -2.09. The summed E-state index contributed by atoms with van der Waals surface area (Å²) in [4.78, 5) is 11.5. The second kappa shape index (κ2) is 36.2. The topological polar surface area (TPSA) is 90.9 Å². The molecular formula is C29H62O9. The second-order valence-electron chi connectivity index (χ2n) is 8.62. The molecule has 9 nitrogen and oxygen atoms in total. The molecule has 0 aromatic rings. The Balaban J connectivity index is -0.00000612. The van der Waals surface area contributed by atoms with E-state index in [2.05, 4.69) is 0 Å².